The van der Waals surface area contributed by atoms with Gasteiger partial charge in [0.25, 0.3) is 5.91 Å². The molecule has 0 bridgehead atoms. The molecule has 1 atom stereocenters. The third-order valence-corrected chi connectivity index (χ3v) is 5.09. The third kappa shape index (κ3) is 5.73. The molecule has 1 fully saturated rings. The number of carbonyl (C=O) groups excluding carboxylic acids is 2. The fourth-order valence-corrected chi connectivity index (χ4v) is 3.53. The zero-order chi connectivity index (χ0) is 20.8. The molecule has 1 aliphatic heterocycles. The first-order valence-electron chi connectivity index (χ1n) is 10.2. The lowest BCUT2D eigenvalue weighted by atomic mass is 10.1. The second-order valence-corrected chi connectivity index (χ2v) is 7.82. The molecule has 1 saturated heterocycles. The molecule has 2 aromatic carbocycles. The number of amides is 2. The van der Waals surface area contributed by atoms with E-state index in [4.69, 9.17) is 0 Å². The third-order valence-electron chi connectivity index (χ3n) is 5.09. The van der Waals surface area contributed by atoms with Gasteiger partial charge in [-0.1, -0.05) is 12.1 Å². The SMILES string of the molecule is CC(CC(=O)Nc1cccc(N2CCCC2)c1)NC(=O)c1cccc(N(C)C)c1. The Morgan fingerprint density at radius 2 is 1.79 bits per heavy atom. The van der Waals surface area contributed by atoms with Crippen LogP contribution in [0.1, 0.15) is 36.5 Å². The second kappa shape index (κ2) is 9.45. The van der Waals surface area contributed by atoms with Crippen LogP contribution in [0, 0.1) is 0 Å². The molecule has 2 aromatic rings. The Labute approximate surface area is 172 Å². The summed E-state index contributed by atoms with van der Waals surface area (Å²) in [5.74, 6) is -0.288. The Balaban J connectivity index is 1.53. The van der Waals surface area contributed by atoms with Gasteiger partial charge in [-0.2, -0.15) is 0 Å². The summed E-state index contributed by atoms with van der Waals surface area (Å²) >= 11 is 0. The quantitative estimate of drug-likeness (QED) is 0.754. The highest BCUT2D eigenvalue weighted by molar-refractivity contribution is 5.96. The Bertz CT molecular complexity index is 859. The molecule has 1 heterocycles. The molecule has 154 valence electrons. The number of nitrogens with one attached hydrogen (secondary N) is 2. The Hall–Kier alpha value is -3.02. The van der Waals surface area contributed by atoms with E-state index in [-0.39, 0.29) is 24.3 Å². The van der Waals surface area contributed by atoms with Gasteiger partial charge >= 0.3 is 0 Å². The summed E-state index contributed by atoms with van der Waals surface area (Å²) in [6.45, 7) is 3.97. The van der Waals surface area contributed by atoms with Crippen LogP contribution in [0.4, 0.5) is 17.1 Å². The van der Waals surface area contributed by atoms with E-state index in [0.717, 1.165) is 30.2 Å². The summed E-state index contributed by atoms with van der Waals surface area (Å²) < 4.78 is 0. The minimum atomic E-state index is -0.271. The average molecular weight is 395 g/mol. The number of benzene rings is 2. The number of rotatable bonds is 7. The number of hydrogen-bond donors (Lipinski definition) is 2. The van der Waals surface area contributed by atoms with Crippen molar-refractivity contribution in [3.05, 3.63) is 54.1 Å². The molecule has 1 aliphatic rings. The Kier molecular flexibility index (Phi) is 6.75. The van der Waals surface area contributed by atoms with Gasteiger partial charge in [0, 0.05) is 62.3 Å². The highest BCUT2D eigenvalue weighted by Gasteiger charge is 2.16. The zero-order valence-corrected chi connectivity index (χ0v) is 17.4. The molecule has 6 nitrogen and oxygen atoms in total. The molecular weight excluding hydrogens is 364 g/mol. The van der Waals surface area contributed by atoms with E-state index in [9.17, 15) is 9.59 Å². The minimum Gasteiger partial charge on any atom is -0.378 e. The van der Waals surface area contributed by atoms with Crippen molar-refractivity contribution < 1.29 is 9.59 Å². The lowest BCUT2D eigenvalue weighted by molar-refractivity contribution is -0.116. The standard InChI is InChI=1S/C23H30N4O2/c1-17(24-23(29)18-8-6-10-20(15-18)26(2)3)14-22(28)25-19-9-7-11-21(16-19)27-12-4-5-13-27/h6-11,15-17H,4-5,12-14H2,1-3H3,(H,24,29)(H,25,28). The summed E-state index contributed by atoms with van der Waals surface area (Å²) in [6.07, 6.45) is 2.64. The number of hydrogen-bond acceptors (Lipinski definition) is 4. The van der Waals surface area contributed by atoms with E-state index in [1.54, 1.807) is 6.07 Å². The van der Waals surface area contributed by atoms with Crippen LogP contribution in [0.15, 0.2) is 48.5 Å². The van der Waals surface area contributed by atoms with Crippen molar-refractivity contribution in [3.8, 4) is 0 Å². The summed E-state index contributed by atoms with van der Waals surface area (Å²) in [4.78, 5) is 29.2. The highest BCUT2D eigenvalue weighted by Crippen LogP contribution is 2.23. The maximum Gasteiger partial charge on any atom is 0.251 e. The monoisotopic (exact) mass is 394 g/mol. The van der Waals surface area contributed by atoms with Gasteiger partial charge in [-0.05, 0) is 56.2 Å². The number of carbonyl (C=O) groups is 2. The maximum atomic E-state index is 12.5. The van der Waals surface area contributed by atoms with Crippen LogP contribution in [0.2, 0.25) is 0 Å². The van der Waals surface area contributed by atoms with Gasteiger partial charge in [0.15, 0.2) is 0 Å². The van der Waals surface area contributed by atoms with Gasteiger partial charge < -0.3 is 20.4 Å². The largest absolute Gasteiger partial charge is 0.378 e. The van der Waals surface area contributed by atoms with Crippen molar-refractivity contribution in [1.82, 2.24) is 5.32 Å². The summed E-state index contributed by atoms with van der Waals surface area (Å²) in [7, 11) is 3.87. The lowest BCUT2D eigenvalue weighted by Crippen LogP contribution is -2.35. The Morgan fingerprint density at radius 3 is 2.52 bits per heavy atom. The van der Waals surface area contributed by atoms with Gasteiger partial charge in [-0.25, -0.2) is 0 Å². The molecule has 3 rings (SSSR count). The first-order valence-corrected chi connectivity index (χ1v) is 10.2. The normalized spacial score (nSPS) is 14.4. The summed E-state index contributed by atoms with van der Waals surface area (Å²) in [5, 5.41) is 5.86. The van der Waals surface area contributed by atoms with Crippen molar-refractivity contribution in [2.45, 2.75) is 32.2 Å². The van der Waals surface area contributed by atoms with Crippen molar-refractivity contribution in [1.29, 1.82) is 0 Å². The first kappa shape index (κ1) is 20.7. The fourth-order valence-electron chi connectivity index (χ4n) is 3.53. The van der Waals surface area contributed by atoms with E-state index in [1.165, 1.54) is 12.8 Å². The average Bonchev–Trinajstić information content (AvgIpc) is 3.23. The van der Waals surface area contributed by atoms with E-state index in [0.29, 0.717) is 5.56 Å². The minimum absolute atomic E-state index is 0.113. The summed E-state index contributed by atoms with van der Waals surface area (Å²) in [5.41, 5.74) is 3.47. The van der Waals surface area contributed by atoms with Crippen LogP contribution >= 0.6 is 0 Å². The van der Waals surface area contributed by atoms with Gasteiger partial charge in [0.05, 0.1) is 0 Å². The van der Waals surface area contributed by atoms with E-state index in [2.05, 4.69) is 21.6 Å². The molecule has 2 N–H and O–H groups in total. The van der Waals surface area contributed by atoms with Crippen molar-refractivity contribution in [2.24, 2.45) is 0 Å². The molecule has 29 heavy (non-hydrogen) atoms. The van der Waals surface area contributed by atoms with Crippen LogP contribution in [-0.4, -0.2) is 45.0 Å². The molecule has 2 amide bonds. The molecule has 1 unspecified atom stereocenters. The molecule has 0 spiro atoms. The van der Waals surface area contributed by atoms with Crippen molar-refractivity contribution in [3.63, 3.8) is 0 Å². The predicted octanol–water partition coefficient (Wildman–Crippen LogP) is 3.50. The second-order valence-electron chi connectivity index (χ2n) is 7.82. The van der Waals surface area contributed by atoms with Gasteiger partial charge in [-0.3, -0.25) is 9.59 Å². The van der Waals surface area contributed by atoms with Gasteiger partial charge in [0.1, 0.15) is 0 Å². The van der Waals surface area contributed by atoms with Crippen LogP contribution in [0.25, 0.3) is 0 Å². The predicted molar refractivity (Wildman–Crippen MR) is 119 cm³/mol. The molecular formula is C23H30N4O2. The molecule has 0 saturated carbocycles. The first-order chi connectivity index (χ1) is 13.9. The zero-order valence-electron chi connectivity index (χ0n) is 17.4. The lowest BCUT2D eigenvalue weighted by Gasteiger charge is -2.19. The molecule has 0 aromatic heterocycles. The molecule has 0 radical (unpaired) electrons. The van der Waals surface area contributed by atoms with Crippen molar-refractivity contribution in [2.75, 3.05) is 42.3 Å². The van der Waals surface area contributed by atoms with E-state index >= 15 is 0 Å². The molecule has 6 heteroatoms. The van der Waals surface area contributed by atoms with Crippen LogP contribution < -0.4 is 20.4 Å². The van der Waals surface area contributed by atoms with Crippen LogP contribution in [-0.2, 0) is 4.79 Å². The maximum absolute atomic E-state index is 12.5. The van der Waals surface area contributed by atoms with E-state index in [1.807, 2.05) is 62.3 Å². The van der Waals surface area contributed by atoms with Gasteiger partial charge in [-0.15, -0.1) is 0 Å². The Morgan fingerprint density at radius 1 is 1.07 bits per heavy atom. The number of anilines is 3. The smallest absolute Gasteiger partial charge is 0.251 e. The summed E-state index contributed by atoms with van der Waals surface area (Å²) in [6, 6.07) is 15.1. The van der Waals surface area contributed by atoms with Crippen LogP contribution in [0.3, 0.4) is 0 Å². The fraction of sp³-hybridized carbons (Fsp3) is 0.391. The van der Waals surface area contributed by atoms with Crippen LogP contribution in [0.5, 0.6) is 0 Å². The van der Waals surface area contributed by atoms with Gasteiger partial charge in [0.2, 0.25) is 5.91 Å². The molecule has 0 aliphatic carbocycles. The van der Waals surface area contributed by atoms with Crippen molar-refractivity contribution >= 4 is 28.9 Å². The van der Waals surface area contributed by atoms with E-state index < -0.39 is 0 Å². The highest BCUT2D eigenvalue weighted by atomic mass is 16.2. The topological polar surface area (TPSA) is 64.7 Å². The number of nitrogens with zero attached hydrogens (tertiary/aromatic N) is 2.